The lowest BCUT2D eigenvalue weighted by Gasteiger charge is -2.03. The van der Waals surface area contributed by atoms with Crippen molar-refractivity contribution in [3.05, 3.63) is 35.9 Å². The first kappa shape index (κ1) is 9.29. The Kier molecular flexibility index (Phi) is 3.54. The molecule has 2 nitrogen and oxygen atoms in total. The normalized spacial score (nSPS) is 11.2. The van der Waals surface area contributed by atoms with E-state index in [2.05, 4.69) is 6.07 Å². The van der Waals surface area contributed by atoms with Gasteiger partial charge in [-0.3, -0.25) is 0 Å². The first-order valence-electron chi connectivity index (χ1n) is 4.17. The largest absolute Gasteiger partial charge is 0.198 e. The van der Waals surface area contributed by atoms with Crippen LogP contribution in [0.3, 0.4) is 0 Å². The van der Waals surface area contributed by atoms with Crippen molar-refractivity contribution in [2.45, 2.75) is 12.8 Å². The van der Waals surface area contributed by atoms with Gasteiger partial charge in [0.15, 0.2) is 0 Å². The van der Waals surface area contributed by atoms with Crippen molar-refractivity contribution >= 4 is 0 Å². The van der Waals surface area contributed by atoms with Crippen LogP contribution in [0.5, 0.6) is 0 Å². The Morgan fingerprint density at radius 3 is 2.38 bits per heavy atom. The molecule has 0 heterocycles. The van der Waals surface area contributed by atoms with Crippen LogP contribution in [0.2, 0.25) is 0 Å². The van der Waals surface area contributed by atoms with E-state index in [1.807, 2.05) is 36.4 Å². The SMILES string of the molecule is N#CC[C@H](C#N)Cc1ccccc1. The van der Waals surface area contributed by atoms with Crippen molar-refractivity contribution < 1.29 is 0 Å². The molecule has 0 amide bonds. The maximum atomic E-state index is 8.72. The number of hydrogen-bond donors (Lipinski definition) is 0. The van der Waals surface area contributed by atoms with Crippen molar-refractivity contribution in [2.75, 3.05) is 0 Å². The fourth-order valence-corrected chi connectivity index (χ4v) is 1.17. The molecule has 0 unspecified atom stereocenters. The summed E-state index contributed by atoms with van der Waals surface area (Å²) < 4.78 is 0. The second kappa shape index (κ2) is 4.95. The molecule has 0 aliphatic heterocycles. The van der Waals surface area contributed by atoms with Crippen LogP contribution in [-0.4, -0.2) is 0 Å². The number of hydrogen-bond acceptors (Lipinski definition) is 2. The van der Waals surface area contributed by atoms with Crippen molar-refractivity contribution in [1.82, 2.24) is 0 Å². The standard InChI is InChI=1S/C11H10N2/c12-7-6-11(9-13)8-10-4-2-1-3-5-10/h1-5,11H,6,8H2/t11-/m0/s1. The quantitative estimate of drug-likeness (QED) is 0.698. The fraction of sp³-hybridized carbons (Fsp3) is 0.273. The highest BCUT2D eigenvalue weighted by Crippen LogP contribution is 2.10. The molecule has 0 aromatic heterocycles. The van der Waals surface area contributed by atoms with Gasteiger partial charge in [0.25, 0.3) is 0 Å². The molecule has 0 radical (unpaired) electrons. The minimum atomic E-state index is -0.174. The zero-order chi connectivity index (χ0) is 9.52. The maximum absolute atomic E-state index is 8.72. The van der Waals surface area contributed by atoms with Gasteiger partial charge in [-0.1, -0.05) is 30.3 Å². The van der Waals surface area contributed by atoms with Gasteiger partial charge in [-0.15, -0.1) is 0 Å². The zero-order valence-corrected chi connectivity index (χ0v) is 7.27. The van der Waals surface area contributed by atoms with Crippen LogP contribution >= 0.6 is 0 Å². The molecule has 0 bridgehead atoms. The molecule has 0 saturated heterocycles. The van der Waals surface area contributed by atoms with Gasteiger partial charge in [0.05, 0.1) is 24.5 Å². The molecule has 0 aliphatic carbocycles. The average molecular weight is 170 g/mol. The van der Waals surface area contributed by atoms with E-state index in [0.29, 0.717) is 12.8 Å². The van der Waals surface area contributed by atoms with Gasteiger partial charge in [0.1, 0.15) is 0 Å². The highest BCUT2D eigenvalue weighted by atomic mass is 14.3. The summed E-state index contributed by atoms with van der Waals surface area (Å²) in [4.78, 5) is 0. The molecule has 0 saturated carbocycles. The van der Waals surface area contributed by atoms with Crippen molar-refractivity contribution in [3.8, 4) is 12.1 Å². The zero-order valence-electron chi connectivity index (χ0n) is 7.27. The van der Waals surface area contributed by atoms with Crippen LogP contribution in [0, 0.1) is 28.6 Å². The van der Waals surface area contributed by atoms with Gasteiger partial charge in [-0.25, -0.2) is 0 Å². The second-order valence-corrected chi connectivity index (χ2v) is 2.88. The topological polar surface area (TPSA) is 47.6 Å². The highest BCUT2D eigenvalue weighted by Gasteiger charge is 2.06. The van der Waals surface area contributed by atoms with Crippen LogP contribution in [0.4, 0.5) is 0 Å². The molecule has 0 N–H and O–H groups in total. The Hall–Kier alpha value is -1.80. The van der Waals surface area contributed by atoms with E-state index in [4.69, 9.17) is 10.5 Å². The predicted octanol–water partition coefficient (Wildman–Crippen LogP) is 2.28. The summed E-state index contributed by atoms with van der Waals surface area (Å²) in [5.74, 6) is -0.174. The van der Waals surface area contributed by atoms with Gasteiger partial charge in [0.2, 0.25) is 0 Å². The minimum absolute atomic E-state index is 0.174. The number of nitriles is 2. The van der Waals surface area contributed by atoms with Crippen molar-refractivity contribution in [3.63, 3.8) is 0 Å². The predicted molar refractivity (Wildman–Crippen MR) is 49.5 cm³/mol. The van der Waals surface area contributed by atoms with Crippen molar-refractivity contribution in [1.29, 1.82) is 10.5 Å². The smallest absolute Gasteiger partial charge is 0.0670 e. The third-order valence-electron chi connectivity index (χ3n) is 1.85. The summed E-state index contributed by atoms with van der Waals surface area (Å²) in [5.41, 5.74) is 1.12. The van der Waals surface area contributed by atoms with E-state index < -0.39 is 0 Å². The third-order valence-corrected chi connectivity index (χ3v) is 1.85. The molecule has 1 aromatic rings. The molecule has 1 rings (SSSR count). The summed E-state index contributed by atoms with van der Waals surface area (Å²) in [7, 11) is 0. The molecular formula is C11H10N2. The summed E-state index contributed by atoms with van der Waals surface area (Å²) in [6, 6.07) is 13.9. The Balaban J connectivity index is 2.59. The van der Waals surface area contributed by atoms with Gasteiger partial charge in [-0.05, 0) is 12.0 Å². The molecule has 0 aliphatic rings. The molecule has 0 fully saturated rings. The summed E-state index contributed by atoms with van der Waals surface area (Å²) >= 11 is 0. The number of nitrogens with zero attached hydrogens (tertiary/aromatic N) is 2. The Morgan fingerprint density at radius 2 is 1.85 bits per heavy atom. The molecule has 13 heavy (non-hydrogen) atoms. The summed E-state index contributed by atoms with van der Waals surface area (Å²) in [5, 5.41) is 17.2. The first-order valence-corrected chi connectivity index (χ1v) is 4.17. The average Bonchev–Trinajstić information content (AvgIpc) is 2.19. The third kappa shape index (κ3) is 2.97. The fourth-order valence-electron chi connectivity index (χ4n) is 1.17. The van der Waals surface area contributed by atoms with Gasteiger partial charge < -0.3 is 0 Å². The number of rotatable bonds is 3. The van der Waals surface area contributed by atoms with Gasteiger partial charge in [0, 0.05) is 0 Å². The van der Waals surface area contributed by atoms with E-state index in [-0.39, 0.29) is 5.92 Å². The molecule has 64 valence electrons. The number of benzene rings is 1. The molecule has 0 spiro atoms. The Bertz CT molecular complexity index is 329. The lowest BCUT2D eigenvalue weighted by molar-refractivity contribution is 0.680. The van der Waals surface area contributed by atoms with Crippen LogP contribution in [0.25, 0.3) is 0 Å². The highest BCUT2D eigenvalue weighted by molar-refractivity contribution is 5.16. The van der Waals surface area contributed by atoms with Crippen molar-refractivity contribution in [2.24, 2.45) is 5.92 Å². The second-order valence-electron chi connectivity index (χ2n) is 2.88. The Morgan fingerprint density at radius 1 is 1.15 bits per heavy atom. The van der Waals surface area contributed by atoms with E-state index in [1.54, 1.807) is 0 Å². The molecule has 2 heteroatoms. The molecular weight excluding hydrogens is 160 g/mol. The van der Waals surface area contributed by atoms with Gasteiger partial charge in [-0.2, -0.15) is 10.5 Å². The van der Waals surface area contributed by atoms with E-state index in [1.165, 1.54) is 0 Å². The van der Waals surface area contributed by atoms with Crippen LogP contribution in [-0.2, 0) is 6.42 Å². The first-order chi connectivity index (χ1) is 6.36. The summed E-state index contributed by atoms with van der Waals surface area (Å²) in [6.07, 6.45) is 0.982. The van der Waals surface area contributed by atoms with Gasteiger partial charge >= 0.3 is 0 Å². The lowest BCUT2D eigenvalue weighted by Crippen LogP contribution is -2.00. The van der Waals surface area contributed by atoms with Crippen LogP contribution in [0.1, 0.15) is 12.0 Å². The molecule has 1 atom stereocenters. The van der Waals surface area contributed by atoms with E-state index in [0.717, 1.165) is 5.56 Å². The lowest BCUT2D eigenvalue weighted by atomic mass is 9.98. The maximum Gasteiger partial charge on any atom is 0.0670 e. The Labute approximate surface area is 78.0 Å². The van der Waals surface area contributed by atoms with Crippen LogP contribution in [0.15, 0.2) is 30.3 Å². The van der Waals surface area contributed by atoms with E-state index in [9.17, 15) is 0 Å². The summed E-state index contributed by atoms with van der Waals surface area (Å²) in [6.45, 7) is 0. The minimum Gasteiger partial charge on any atom is -0.198 e. The molecule has 1 aromatic carbocycles. The van der Waals surface area contributed by atoms with E-state index >= 15 is 0 Å². The monoisotopic (exact) mass is 170 g/mol. The van der Waals surface area contributed by atoms with Crippen LogP contribution < -0.4 is 0 Å².